The van der Waals surface area contributed by atoms with Gasteiger partial charge in [0.15, 0.2) is 0 Å². The number of carbonyl (C=O) groups is 2. The third-order valence-corrected chi connectivity index (χ3v) is 1.24. The van der Waals surface area contributed by atoms with Crippen LogP contribution in [-0.4, -0.2) is 30.3 Å². The molecule has 0 saturated carbocycles. The van der Waals surface area contributed by atoms with Gasteiger partial charge >= 0.3 is 12.1 Å². The largest absolute Gasteiger partial charge is 0.405 e. The van der Waals surface area contributed by atoms with Gasteiger partial charge < -0.3 is 10.2 Å². The number of carbonyl (C=O) groups excluding carboxylic acids is 2. The first-order valence-corrected chi connectivity index (χ1v) is 4.25. The molecule has 0 aromatic rings. The van der Waals surface area contributed by atoms with Gasteiger partial charge in [0.25, 0.3) is 0 Å². The van der Waals surface area contributed by atoms with Crippen molar-refractivity contribution in [1.82, 2.24) is 5.32 Å². The van der Waals surface area contributed by atoms with Gasteiger partial charge in [0.1, 0.15) is 6.54 Å². The Morgan fingerprint density at radius 2 is 2.12 bits per heavy atom. The van der Waals surface area contributed by atoms with Crippen molar-refractivity contribution in [2.75, 3.05) is 6.54 Å². The van der Waals surface area contributed by atoms with Crippen LogP contribution >= 0.6 is 0 Å². The second kappa shape index (κ2) is 6.09. The zero-order chi connectivity index (χ0) is 12.8. The molecule has 92 valence electrons. The zero-order valence-corrected chi connectivity index (χ0v) is 8.72. The number of nitrogens with zero attached hydrogens (tertiary/aromatic N) is 1. The summed E-state index contributed by atoms with van der Waals surface area (Å²) in [7, 11) is 0. The smallest absolute Gasteiger partial charge is 0.347 e. The van der Waals surface area contributed by atoms with Crippen LogP contribution in [0.25, 0.3) is 0 Å². The number of oxime groups is 1. The number of nitrogens with one attached hydrogen (secondary N) is 1. The Bertz CT molecular complexity index is 299. The van der Waals surface area contributed by atoms with Crippen LogP contribution < -0.4 is 5.32 Å². The molecule has 0 radical (unpaired) electrons. The molecule has 1 amide bonds. The normalized spacial score (nSPS) is 14.6. The van der Waals surface area contributed by atoms with Crippen LogP contribution in [0.4, 0.5) is 13.2 Å². The zero-order valence-electron chi connectivity index (χ0n) is 8.72. The number of hydrogen-bond donors (Lipinski definition) is 1. The Hall–Kier alpha value is -1.60. The lowest BCUT2D eigenvalue weighted by molar-refractivity contribution is -0.140. The SMILES string of the molecule is CC(=O)NCC(F)(F)F.CC1=NOC(=O)C1. The molecule has 1 heterocycles. The van der Waals surface area contributed by atoms with Crippen molar-refractivity contribution in [3.8, 4) is 0 Å². The standard InChI is InChI=1S/C4H6F3NO.C4H5NO2/c1-3(9)8-2-4(5,6)7;1-3-2-4(6)7-5-3/h2H2,1H3,(H,8,9);2H2,1H3. The lowest BCUT2D eigenvalue weighted by Gasteiger charge is -2.04. The second-order valence-electron chi connectivity index (χ2n) is 2.99. The van der Waals surface area contributed by atoms with Crippen LogP contribution in [0.1, 0.15) is 20.3 Å². The molecular formula is C8H11F3N2O3. The van der Waals surface area contributed by atoms with Gasteiger partial charge in [-0.05, 0) is 6.92 Å². The highest BCUT2D eigenvalue weighted by molar-refractivity contribution is 6.00. The van der Waals surface area contributed by atoms with E-state index in [1.54, 1.807) is 12.2 Å². The summed E-state index contributed by atoms with van der Waals surface area (Å²) in [5.41, 5.74) is 0.755. The van der Waals surface area contributed by atoms with E-state index in [9.17, 15) is 22.8 Å². The topological polar surface area (TPSA) is 67.8 Å². The van der Waals surface area contributed by atoms with E-state index in [2.05, 4.69) is 9.99 Å². The van der Waals surface area contributed by atoms with Gasteiger partial charge in [0, 0.05) is 6.92 Å². The van der Waals surface area contributed by atoms with Crippen molar-refractivity contribution >= 4 is 17.6 Å². The number of amides is 1. The Balaban J connectivity index is 0.000000288. The van der Waals surface area contributed by atoms with E-state index in [4.69, 9.17) is 0 Å². The maximum absolute atomic E-state index is 11.2. The molecule has 0 fully saturated rings. The van der Waals surface area contributed by atoms with Crippen LogP contribution in [-0.2, 0) is 14.4 Å². The average Bonchev–Trinajstić information content (AvgIpc) is 2.46. The highest BCUT2D eigenvalue weighted by Crippen LogP contribution is 2.11. The van der Waals surface area contributed by atoms with Crippen LogP contribution in [0, 0.1) is 0 Å². The van der Waals surface area contributed by atoms with Crippen molar-refractivity contribution in [2.24, 2.45) is 5.16 Å². The summed E-state index contributed by atoms with van der Waals surface area (Å²) in [6.07, 6.45) is -3.94. The summed E-state index contributed by atoms with van der Waals surface area (Å²) in [6.45, 7) is 1.54. The monoisotopic (exact) mass is 240 g/mol. The van der Waals surface area contributed by atoms with E-state index in [0.29, 0.717) is 6.42 Å². The minimum atomic E-state index is -4.30. The number of rotatable bonds is 1. The minimum absolute atomic E-state index is 0.252. The van der Waals surface area contributed by atoms with Gasteiger partial charge in [-0.15, -0.1) is 0 Å². The Kier molecular flexibility index (Phi) is 5.48. The molecule has 0 unspecified atom stereocenters. The van der Waals surface area contributed by atoms with E-state index in [1.165, 1.54) is 0 Å². The van der Waals surface area contributed by atoms with E-state index < -0.39 is 18.6 Å². The number of halogens is 3. The Morgan fingerprint density at radius 1 is 1.56 bits per heavy atom. The molecule has 0 spiro atoms. The molecule has 1 rings (SSSR count). The van der Waals surface area contributed by atoms with Gasteiger partial charge in [-0.1, -0.05) is 5.16 Å². The van der Waals surface area contributed by atoms with E-state index >= 15 is 0 Å². The number of hydrogen-bond acceptors (Lipinski definition) is 4. The Morgan fingerprint density at radius 3 is 2.25 bits per heavy atom. The van der Waals surface area contributed by atoms with Crippen molar-refractivity contribution in [3.63, 3.8) is 0 Å². The van der Waals surface area contributed by atoms with Crippen molar-refractivity contribution in [1.29, 1.82) is 0 Å². The molecule has 0 atom stereocenters. The van der Waals surface area contributed by atoms with Crippen LogP contribution in [0.5, 0.6) is 0 Å². The average molecular weight is 240 g/mol. The van der Waals surface area contributed by atoms with Crippen LogP contribution in [0.15, 0.2) is 5.16 Å². The molecule has 1 N–H and O–H groups in total. The molecule has 1 aliphatic rings. The highest BCUT2D eigenvalue weighted by atomic mass is 19.4. The summed E-state index contributed by atoms with van der Waals surface area (Å²) in [5.74, 6) is -0.926. The Labute approximate surface area is 89.6 Å². The lowest BCUT2D eigenvalue weighted by Crippen LogP contribution is -2.31. The summed E-state index contributed by atoms with van der Waals surface area (Å²) in [4.78, 5) is 24.2. The summed E-state index contributed by atoms with van der Waals surface area (Å²) >= 11 is 0. The summed E-state index contributed by atoms with van der Waals surface area (Å²) in [6, 6.07) is 0. The van der Waals surface area contributed by atoms with E-state index in [0.717, 1.165) is 12.6 Å². The minimum Gasteiger partial charge on any atom is -0.347 e. The van der Waals surface area contributed by atoms with Gasteiger partial charge in [0.05, 0.1) is 12.1 Å². The van der Waals surface area contributed by atoms with E-state index in [1.807, 2.05) is 0 Å². The summed E-state index contributed by atoms with van der Waals surface area (Å²) in [5, 5.41) is 5.01. The summed E-state index contributed by atoms with van der Waals surface area (Å²) < 4.78 is 33.6. The molecule has 16 heavy (non-hydrogen) atoms. The first-order valence-electron chi connectivity index (χ1n) is 4.25. The first kappa shape index (κ1) is 14.4. The molecule has 0 bridgehead atoms. The van der Waals surface area contributed by atoms with Crippen molar-refractivity contribution in [2.45, 2.75) is 26.4 Å². The first-order chi connectivity index (χ1) is 7.20. The quantitative estimate of drug-likeness (QED) is 0.695. The molecule has 1 aliphatic heterocycles. The maximum Gasteiger partial charge on any atom is 0.405 e. The maximum atomic E-state index is 11.2. The third kappa shape index (κ3) is 8.97. The molecule has 8 heteroatoms. The molecule has 0 saturated heterocycles. The fourth-order valence-corrected chi connectivity index (χ4v) is 0.627. The predicted octanol–water partition coefficient (Wildman–Crippen LogP) is 0.994. The molecule has 0 aromatic carbocycles. The van der Waals surface area contributed by atoms with Crippen LogP contribution in [0.3, 0.4) is 0 Å². The van der Waals surface area contributed by atoms with Crippen molar-refractivity contribution in [3.05, 3.63) is 0 Å². The number of alkyl halides is 3. The third-order valence-electron chi connectivity index (χ3n) is 1.24. The molecule has 0 aromatic heterocycles. The van der Waals surface area contributed by atoms with Gasteiger partial charge in [-0.3, -0.25) is 4.79 Å². The fourth-order valence-electron chi connectivity index (χ4n) is 0.627. The van der Waals surface area contributed by atoms with E-state index in [-0.39, 0.29) is 5.97 Å². The molecule has 5 nitrogen and oxygen atoms in total. The molecule has 0 aliphatic carbocycles. The highest BCUT2D eigenvalue weighted by Gasteiger charge is 2.26. The molecular weight excluding hydrogens is 229 g/mol. The van der Waals surface area contributed by atoms with Crippen LogP contribution in [0.2, 0.25) is 0 Å². The predicted molar refractivity (Wildman–Crippen MR) is 48.6 cm³/mol. The fraction of sp³-hybridized carbons (Fsp3) is 0.625. The van der Waals surface area contributed by atoms with Gasteiger partial charge in [0.2, 0.25) is 5.91 Å². The van der Waals surface area contributed by atoms with Gasteiger partial charge in [-0.25, -0.2) is 4.79 Å². The van der Waals surface area contributed by atoms with Gasteiger partial charge in [-0.2, -0.15) is 13.2 Å². The second-order valence-corrected chi connectivity index (χ2v) is 2.99. The van der Waals surface area contributed by atoms with Crippen molar-refractivity contribution < 1.29 is 27.6 Å². The lowest BCUT2D eigenvalue weighted by atomic mass is 10.3.